The first kappa shape index (κ1) is 20.1. The van der Waals surface area contributed by atoms with Crippen LogP contribution in [0.25, 0.3) is 0 Å². The zero-order valence-electron chi connectivity index (χ0n) is 16.5. The summed E-state index contributed by atoms with van der Waals surface area (Å²) in [7, 11) is 6.39. The maximum atomic E-state index is 12.9. The van der Waals surface area contributed by atoms with E-state index < -0.39 is 5.92 Å². The molecule has 0 bridgehead atoms. The Morgan fingerprint density at radius 1 is 1.14 bits per heavy atom. The number of hydrogen-bond donors (Lipinski definition) is 1. The monoisotopic (exact) mass is 405 g/mol. The summed E-state index contributed by atoms with van der Waals surface area (Å²) in [5.74, 6) is 2.05. The number of fused-ring (bicyclic) bond motifs is 1. The Morgan fingerprint density at radius 2 is 1.79 bits per heavy atom. The van der Waals surface area contributed by atoms with Crippen LogP contribution in [-0.4, -0.2) is 42.5 Å². The van der Waals surface area contributed by atoms with E-state index in [1.54, 1.807) is 23.7 Å². The first-order chi connectivity index (χ1) is 13.4. The highest BCUT2D eigenvalue weighted by atomic mass is 32.2. The lowest BCUT2D eigenvalue weighted by Gasteiger charge is -2.28. The smallest absolute Gasteiger partial charge is 0.279 e. The van der Waals surface area contributed by atoms with Crippen molar-refractivity contribution in [3.8, 4) is 17.2 Å². The molecule has 1 N–H and O–H groups in total. The molecule has 1 amide bonds. The fourth-order valence-electron chi connectivity index (χ4n) is 3.38. The molecule has 0 spiro atoms. The van der Waals surface area contributed by atoms with Crippen LogP contribution in [0.4, 0.5) is 5.82 Å². The van der Waals surface area contributed by atoms with Crippen LogP contribution < -0.4 is 25.1 Å². The summed E-state index contributed by atoms with van der Waals surface area (Å²) in [4.78, 5) is 29.6. The number of hydrogen-bond acceptors (Lipinski definition) is 7. The molecule has 8 nitrogen and oxygen atoms in total. The minimum Gasteiger partial charge on any atom is -0.496 e. The molecule has 1 atom stereocenters. The molecule has 3 rings (SSSR count). The average molecular weight is 405 g/mol. The van der Waals surface area contributed by atoms with E-state index in [0.29, 0.717) is 39.3 Å². The number of aromatic nitrogens is 2. The molecule has 2 aromatic rings. The highest BCUT2D eigenvalue weighted by molar-refractivity contribution is 7.99. The first-order valence-electron chi connectivity index (χ1n) is 8.78. The predicted molar refractivity (Wildman–Crippen MR) is 107 cm³/mol. The topological polar surface area (TPSA) is 91.7 Å². The molecule has 0 fully saturated rings. The van der Waals surface area contributed by atoms with Crippen LogP contribution in [0.2, 0.25) is 0 Å². The lowest BCUT2D eigenvalue weighted by molar-refractivity contribution is -0.116. The molecule has 0 radical (unpaired) electrons. The lowest BCUT2D eigenvalue weighted by atomic mass is 9.86. The quantitative estimate of drug-likeness (QED) is 0.583. The molecule has 150 valence electrons. The van der Waals surface area contributed by atoms with Gasteiger partial charge in [0.1, 0.15) is 11.6 Å². The van der Waals surface area contributed by atoms with Crippen LogP contribution in [0, 0.1) is 0 Å². The van der Waals surface area contributed by atoms with Crippen LogP contribution in [0.15, 0.2) is 22.1 Å². The van der Waals surface area contributed by atoms with E-state index in [2.05, 4.69) is 10.3 Å². The maximum absolute atomic E-state index is 12.9. The highest BCUT2D eigenvalue weighted by Crippen LogP contribution is 2.44. The van der Waals surface area contributed by atoms with Crippen LogP contribution in [0.5, 0.6) is 17.2 Å². The van der Waals surface area contributed by atoms with Gasteiger partial charge >= 0.3 is 0 Å². The van der Waals surface area contributed by atoms with Gasteiger partial charge in [0, 0.05) is 31.0 Å². The van der Waals surface area contributed by atoms with Crippen molar-refractivity contribution in [2.45, 2.75) is 24.4 Å². The standard InChI is InChI=1S/C19H23N3O5S/c1-6-28-19-21-18(24)16-11(8-15(23)20-17(16)22(19)2)10-7-13(26-4)14(27-5)9-12(10)25-3/h7,9,11H,6,8H2,1-5H3,(H,20,23)/t11-/m0/s1. The number of anilines is 1. The lowest BCUT2D eigenvalue weighted by Crippen LogP contribution is -2.33. The van der Waals surface area contributed by atoms with Crippen molar-refractivity contribution in [3.63, 3.8) is 0 Å². The molecular formula is C19H23N3O5S. The summed E-state index contributed by atoms with van der Waals surface area (Å²) in [6.45, 7) is 1.98. The van der Waals surface area contributed by atoms with Crippen molar-refractivity contribution in [1.82, 2.24) is 9.55 Å². The Morgan fingerprint density at radius 3 is 2.39 bits per heavy atom. The largest absolute Gasteiger partial charge is 0.496 e. The summed E-state index contributed by atoms with van der Waals surface area (Å²) in [6, 6.07) is 3.44. The average Bonchev–Trinajstić information content (AvgIpc) is 2.70. The second kappa shape index (κ2) is 8.14. The molecule has 1 aromatic heterocycles. The Kier molecular flexibility index (Phi) is 5.83. The van der Waals surface area contributed by atoms with E-state index in [-0.39, 0.29) is 17.9 Å². The number of thioether (sulfide) groups is 1. The summed E-state index contributed by atoms with van der Waals surface area (Å²) in [5.41, 5.74) is 0.755. The minimum atomic E-state index is -0.509. The number of amides is 1. The molecule has 1 aliphatic rings. The third kappa shape index (κ3) is 3.42. The van der Waals surface area contributed by atoms with Gasteiger partial charge in [0.2, 0.25) is 5.91 Å². The zero-order chi connectivity index (χ0) is 20.4. The number of nitrogens with zero attached hydrogens (tertiary/aromatic N) is 2. The number of carbonyl (C=O) groups excluding carboxylic acids is 1. The van der Waals surface area contributed by atoms with Gasteiger partial charge in [0.15, 0.2) is 16.7 Å². The SMILES string of the molecule is CCSc1nc(=O)c2c(n1C)NC(=O)C[C@H]2c1cc(OC)c(OC)cc1OC. The number of rotatable bonds is 6. The van der Waals surface area contributed by atoms with Gasteiger partial charge in [-0.1, -0.05) is 18.7 Å². The van der Waals surface area contributed by atoms with E-state index >= 15 is 0 Å². The second-order valence-corrected chi connectivity index (χ2v) is 7.44. The molecule has 1 aliphatic heterocycles. The molecule has 0 unspecified atom stereocenters. The van der Waals surface area contributed by atoms with E-state index in [1.807, 2.05) is 6.92 Å². The van der Waals surface area contributed by atoms with Crippen molar-refractivity contribution in [2.24, 2.45) is 7.05 Å². The molecule has 0 saturated heterocycles. The normalized spacial score (nSPS) is 15.6. The predicted octanol–water partition coefficient (Wildman–Crippen LogP) is 2.39. The Balaban J connectivity index is 2.25. The molecule has 28 heavy (non-hydrogen) atoms. The number of nitrogens with one attached hydrogen (secondary N) is 1. The summed E-state index contributed by atoms with van der Waals surface area (Å²) < 4.78 is 18.0. The molecule has 0 aliphatic carbocycles. The maximum Gasteiger partial charge on any atom is 0.279 e. The minimum absolute atomic E-state index is 0.107. The molecular weight excluding hydrogens is 382 g/mol. The molecule has 9 heteroatoms. The zero-order valence-corrected chi connectivity index (χ0v) is 17.3. The Hall–Kier alpha value is -2.68. The third-order valence-electron chi connectivity index (χ3n) is 4.69. The first-order valence-corrected chi connectivity index (χ1v) is 9.77. The van der Waals surface area contributed by atoms with Gasteiger partial charge < -0.3 is 24.1 Å². The summed E-state index contributed by atoms with van der Waals surface area (Å²) >= 11 is 1.45. The van der Waals surface area contributed by atoms with Crippen molar-refractivity contribution in [2.75, 3.05) is 32.4 Å². The van der Waals surface area contributed by atoms with Crippen LogP contribution in [0.1, 0.15) is 30.4 Å². The van der Waals surface area contributed by atoms with Gasteiger partial charge in [0.25, 0.3) is 5.56 Å². The van der Waals surface area contributed by atoms with Crippen molar-refractivity contribution < 1.29 is 19.0 Å². The number of ether oxygens (including phenoxy) is 3. The van der Waals surface area contributed by atoms with Crippen molar-refractivity contribution in [1.29, 1.82) is 0 Å². The number of methoxy groups -OCH3 is 3. The van der Waals surface area contributed by atoms with Crippen LogP contribution >= 0.6 is 11.8 Å². The van der Waals surface area contributed by atoms with Crippen LogP contribution in [0.3, 0.4) is 0 Å². The van der Waals surface area contributed by atoms with Gasteiger partial charge in [-0.3, -0.25) is 9.59 Å². The van der Waals surface area contributed by atoms with E-state index in [9.17, 15) is 9.59 Å². The highest BCUT2D eigenvalue weighted by Gasteiger charge is 2.34. The third-order valence-corrected chi connectivity index (χ3v) is 5.60. The number of benzene rings is 1. The Labute approximate surface area is 167 Å². The fourth-order valence-corrected chi connectivity index (χ4v) is 4.07. The van der Waals surface area contributed by atoms with Gasteiger partial charge in [-0.25, -0.2) is 0 Å². The van der Waals surface area contributed by atoms with E-state index in [0.717, 1.165) is 5.75 Å². The van der Waals surface area contributed by atoms with Gasteiger partial charge in [-0.15, -0.1) is 0 Å². The molecule has 1 aromatic carbocycles. The Bertz CT molecular complexity index is 973. The van der Waals surface area contributed by atoms with Crippen LogP contribution in [-0.2, 0) is 11.8 Å². The van der Waals surface area contributed by atoms with Gasteiger partial charge in [0.05, 0.1) is 26.9 Å². The van der Waals surface area contributed by atoms with Gasteiger partial charge in [-0.2, -0.15) is 4.98 Å². The molecule has 0 saturated carbocycles. The second-order valence-electron chi connectivity index (χ2n) is 6.21. The van der Waals surface area contributed by atoms with Gasteiger partial charge in [-0.05, 0) is 11.8 Å². The fraction of sp³-hybridized carbons (Fsp3) is 0.421. The number of carbonyl (C=O) groups is 1. The summed E-state index contributed by atoms with van der Waals surface area (Å²) in [5, 5.41) is 3.39. The van der Waals surface area contributed by atoms with Crippen molar-refractivity contribution >= 4 is 23.5 Å². The van der Waals surface area contributed by atoms with E-state index in [4.69, 9.17) is 14.2 Å². The molecule has 2 heterocycles. The van der Waals surface area contributed by atoms with E-state index in [1.165, 1.54) is 33.1 Å². The van der Waals surface area contributed by atoms with Crippen molar-refractivity contribution in [3.05, 3.63) is 33.6 Å². The summed E-state index contributed by atoms with van der Waals surface area (Å²) in [6.07, 6.45) is 0.107.